The second-order valence-electron chi connectivity index (χ2n) is 7.27. The maximum atomic E-state index is 11.7. The van der Waals surface area contributed by atoms with Crippen LogP contribution in [-0.4, -0.2) is 34.1 Å². The molecule has 2 heterocycles. The maximum absolute atomic E-state index is 11.7. The molecular formula is C20H23N5O4S2. The smallest absolute Gasteiger partial charge is 0.270 e. The van der Waals surface area contributed by atoms with Gasteiger partial charge in [-0.2, -0.15) is 0 Å². The standard InChI is InChI=1S/C20H23N5O4S2/c1-14(2)19-20(30-17-8-4-7-16(10-17)25(26)27)24(13-15-6-5-9-21-11-15)18(23-19)12-22-31(3,28)29/h4-11,14,22H,12-13H2,1-3H3. The van der Waals surface area contributed by atoms with E-state index in [1.54, 1.807) is 24.5 Å². The molecule has 0 fully saturated rings. The van der Waals surface area contributed by atoms with Gasteiger partial charge in [-0.3, -0.25) is 15.1 Å². The summed E-state index contributed by atoms with van der Waals surface area (Å²) in [5.74, 6) is 0.624. The Balaban J connectivity index is 2.08. The summed E-state index contributed by atoms with van der Waals surface area (Å²) in [7, 11) is -3.41. The molecule has 164 valence electrons. The Labute approximate surface area is 185 Å². The van der Waals surface area contributed by atoms with Crippen molar-refractivity contribution in [3.63, 3.8) is 0 Å². The minimum absolute atomic E-state index is 0.00777. The van der Waals surface area contributed by atoms with Crippen LogP contribution in [0.2, 0.25) is 0 Å². The molecule has 2 aromatic heterocycles. The number of benzene rings is 1. The van der Waals surface area contributed by atoms with Gasteiger partial charge in [-0.1, -0.05) is 37.7 Å². The number of aromatic nitrogens is 3. The van der Waals surface area contributed by atoms with Crippen molar-refractivity contribution in [1.82, 2.24) is 19.3 Å². The van der Waals surface area contributed by atoms with Crippen LogP contribution < -0.4 is 4.72 Å². The van der Waals surface area contributed by atoms with Crippen LogP contribution in [0.15, 0.2) is 58.7 Å². The van der Waals surface area contributed by atoms with Gasteiger partial charge in [-0.15, -0.1) is 0 Å². The van der Waals surface area contributed by atoms with Crippen LogP contribution in [0.5, 0.6) is 0 Å². The van der Waals surface area contributed by atoms with E-state index in [2.05, 4.69) is 9.71 Å². The molecule has 0 aliphatic heterocycles. The van der Waals surface area contributed by atoms with Crippen LogP contribution in [-0.2, 0) is 23.1 Å². The number of pyridine rings is 1. The van der Waals surface area contributed by atoms with Crippen molar-refractivity contribution in [3.05, 3.63) is 76.0 Å². The molecule has 0 unspecified atom stereocenters. The van der Waals surface area contributed by atoms with Crippen LogP contribution in [0.25, 0.3) is 0 Å². The van der Waals surface area contributed by atoms with E-state index in [0.717, 1.165) is 22.5 Å². The Morgan fingerprint density at radius 3 is 2.65 bits per heavy atom. The number of nitro benzene ring substituents is 1. The molecule has 0 aliphatic carbocycles. The molecule has 9 nitrogen and oxygen atoms in total. The number of non-ortho nitro benzene ring substituents is 1. The largest absolute Gasteiger partial charge is 0.317 e. The van der Waals surface area contributed by atoms with E-state index >= 15 is 0 Å². The van der Waals surface area contributed by atoms with Crippen molar-refractivity contribution >= 4 is 27.5 Å². The summed E-state index contributed by atoms with van der Waals surface area (Å²) < 4.78 is 27.8. The van der Waals surface area contributed by atoms with Crippen LogP contribution in [0, 0.1) is 10.1 Å². The lowest BCUT2D eigenvalue weighted by Gasteiger charge is -2.13. The number of hydrogen-bond acceptors (Lipinski definition) is 7. The number of rotatable bonds is 9. The zero-order valence-electron chi connectivity index (χ0n) is 17.3. The van der Waals surface area contributed by atoms with E-state index in [-0.39, 0.29) is 18.2 Å². The summed E-state index contributed by atoms with van der Waals surface area (Å²) in [6.07, 6.45) is 4.52. The third-order valence-electron chi connectivity index (χ3n) is 4.37. The fraction of sp³-hybridized carbons (Fsp3) is 0.300. The van der Waals surface area contributed by atoms with Crippen LogP contribution in [0.1, 0.15) is 36.8 Å². The SMILES string of the molecule is CC(C)c1nc(CNS(C)(=O)=O)n(Cc2cccnc2)c1Sc1cccc([N+](=O)[O-])c1. The Morgan fingerprint density at radius 2 is 2.03 bits per heavy atom. The molecule has 0 atom stereocenters. The molecule has 3 rings (SSSR count). The number of hydrogen-bond donors (Lipinski definition) is 1. The molecular weight excluding hydrogens is 438 g/mol. The van der Waals surface area contributed by atoms with Crippen LogP contribution >= 0.6 is 11.8 Å². The fourth-order valence-electron chi connectivity index (χ4n) is 2.93. The highest BCUT2D eigenvalue weighted by molar-refractivity contribution is 7.99. The first kappa shape index (κ1) is 22.9. The number of imidazole rings is 1. The van der Waals surface area contributed by atoms with Gasteiger partial charge < -0.3 is 4.57 Å². The topological polar surface area (TPSA) is 120 Å². The molecule has 11 heteroatoms. The van der Waals surface area contributed by atoms with E-state index in [1.165, 1.54) is 23.9 Å². The monoisotopic (exact) mass is 461 g/mol. The summed E-state index contributed by atoms with van der Waals surface area (Å²) in [6, 6.07) is 10.2. The zero-order valence-corrected chi connectivity index (χ0v) is 19.0. The van der Waals surface area contributed by atoms with Crippen molar-refractivity contribution in [2.45, 2.75) is 42.8 Å². The summed E-state index contributed by atoms with van der Waals surface area (Å²) in [4.78, 5) is 20.3. The molecule has 1 N–H and O–H groups in total. The van der Waals surface area contributed by atoms with Gasteiger partial charge in [0, 0.05) is 29.4 Å². The Bertz CT molecular complexity index is 1180. The van der Waals surface area contributed by atoms with Gasteiger partial charge in [0.1, 0.15) is 10.9 Å². The molecule has 3 aromatic rings. The lowest BCUT2D eigenvalue weighted by molar-refractivity contribution is -0.385. The van der Waals surface area contributed by atoms with Crippen molar-refractivity contribution < 1.29 is 13.3 Å². The third-order valence-corrected chi connectivity index (χ3v) is 6.15. The van der Waals surface area contributed by atoms with Crippen molar-refractivity contribution in [2.24, 2.45) is 0 Å². The molecule has 0 spiro atoms. The number of sulfonamides is 1. The van der Waals surface area contributed by atoms with Gasteiger partial charge in [-0.25, -0.2) is 18.1 Å². The van der Waals surface area contributed by atoms with Crippen molar-refractivity contribution in [2.75, 3.05) is 6.26 Å². The van der Waals surface area contributed by atoms with Crippen LogP contribution in [0.4, 0.5) is 5.69 Å². The molecule has 0 aliphatic rings. The van der Waals surface area contributed by atoms with Crippen molar-refractivity contribution in [1.29, 1.82) is 0 Å². The van der Waals surface area contributed by atoms with E-state index < -0.39 is 14.9 Å². The van der Waals surface area contributed by atoms with Gasteiger partial charge in [0.15, 0.2) is 0 Å². The maximum Gasteiger partial charge on any atom is 0.270 e. The second-order valence-corrected chi connectivity index (χ2v) is 10.2. The third kappa shape index (κ3) is 6.12. The van der Waals surface area contributed by atoms with Crippen molar-refractivity contribution in [3.8, 4) is 0 Å². The average molecular weight is 462 g/mol. The van der Waals surface area contributed by atoms with E-state index in [4.69, 9.17) is 4.98 Å². The molecule has 0 amide bonds. The first-order valence-electron chi connectivity index (χ1n) is 9.49. The Morgan fingerprint density at radius 1 is 1.26 bits per heavy atom. The minimum atomic E-state index is -3.41. The lowest BCUT2D eigenvalue weighted by atomic mass is 10.1. The lowest BCUT2D eigenvalue weighted by Crippen LogP contribution is -2.23. The minimum Gasteiger partial charge on any atom is -0.317 e. The number of nitro groups is 1. The summed E-state index contributed by atoms with van der Waals surface area (Å²) in [5, 5.41) is 12.0. The molecule has 31 heavy (non-hydrogen) atoms. The fourth-order valence-corrected chi connectivity index (χ4v) is 4.53. The molecule has 1 aromatic carbocycles. The summed E-state index contributed by atoms with van der Waals surface area (Å²) >= 11 is 1.37. The highest BCUT2D eigenvalue weighted by atomic mass is 32.2. The zero-order chi connectivity index (χ0) is 22.6. The van der Waals surface area contributed by atoms with E-state index in [0.29, 0.717) is 17.3 Å². The highest BCUT2D eigenvalue weighted by Gasteiger charge is 2.22. The Kier molecular flexibility index (Phi) is 7.08. The predicted octanol–water partition coefficient (Wildman–Crippen LogP) is 3.56. The highest BCUT2D eigenvalue weighted by Crippen LogP contribution is 2.36. The van der Waals surface area contributed by atoms with Crippen LogP contribution in [0.3, 0.4) is 0 Å². The second kappa shape index (κ2) is 9.58. The van der Waals surface area contributed by atoms with Gasteiger partial charge in [0.2, 0.25) is 10.0 Å². The molecule has 0 saturated carbocycles. The van der Waals surface area contributed by atoms with Gasteiger partial charge in [0.25, 0.3) is 5.69 Å². The predicted molar refractivity (Wildman–Crippen MR) is 119 cm³/mol. The first-order chi connectivity index (χ1) is 14.6. The quantitative estimate of drug-likeness (QED) is 0.382. The molecule has 0 bridgehead atoms. The number of nitrogens with one attached hydrogen (secondary N) is 1. The van der Waals surface area contributed by atoms with Gasteiger partial charge in [0.05, 0.1) is 30.0 Å². The van der Waals surface area contributed by atoms with Gasteiger partial charge >= 0.3 is 0 Å². The summed E-state index contributed by atoms with van der Waals surface area (Å²) in [6.45, 7) is 4.48. The van der Waals surface area contributed by atoms with E-state index in [9.17, 15) is 18.5 Å². The van der Waals surface area contributed by atoms with E-state index in [1.807, 2.05) is 30.5 Å². The molecule has 0 saturated heterocycles. The normalized spacial score (nSPS) is 11.7. The average Bonchev–Trinajstić information content (AvgIpc) is 3.04. The first-order valence-corrected chi connectivity index (χ1v) is 12.2. The number of nitrogens with zero attached hydrogens (tertiary/aromatic N) is 4. The Hall–Kier alpha value is -2.76. The van der Waals surface area contributed by atoms with Gasteiger partial charge in [-0.05, 0) is 23.6 Å². The summed E-state index contributed by atoms with van der Waals surface area (Å²) in [5.41, 5.74) is 1.73. The molecule has 0 radical (unpaired) electrons.